The molecule has 1 fully saturated rings. The van der Waals surface area contributed by atoms with Gasteiger partial charge in [0.1, 0.15) is 0 Å². The summed E-state index contributed by atoms with van der Waals surface area (Å²) in [5.41, 5.74) is 1.08. The van der Waals surface area contributed by atoms with E-state index in [-0.39, 0.29) is 0 Å². The molecule has 1 aliphatic heterocycles. The fourth-order valence-electron chi connectivity index (χ4n) is 2.48. The molecule has 4 nitrogen and oxygen atoms in total. The van der Waals surface area contributed by atoms with E-state index in [1.807, 2.05) is 12.1 Å². The van der Waals surface area contributed by atoms with Gasteiger partial charge in [0, 0.05) is 18.3 Å². The summed E-state index contributed by atoms with van der Waals surface area (Å²) in [5.74, 6) is -0.874. The predicted octanol–water partition coefficient (Wildman–Crippen LogP) is 2.28. The molecule has 1 aromatic rings. The Kier molecular flexibility index (Phi) is 4.20. The minimum absolute atomic E-state index is 0.346. The maximum atomic E-state index is 11.1. The molecule has 1 aliphatic rings. The molecule has 1 unspecified atom stereocenters. The fraction of sp³-hybridized carbons (Fsp3) is 0.500. The first-order valence-corrected chi connectivity index (χ1v) is 6.52. The van der Waals surface area contributed by atoms with Crippen molar-refractivity contribution in [2.45, 2.75) is 25.8 Å². The Morgan fingerprint density at radius 3 is 3.00 bits per heavy atom. The maximum absolute atomic E-state index is 11.1. The number of likely N-dealkylation sites (N-methyl/N-ethyl adjacent to an activating group) is 1. The largest absolute Gasteiger partial charge is 0.478 e. The summed E-state index contributed by atoms with van der Waals surface area (Å²) in [5, 5.41) is 12.5. The number of nitrogens with one attached hydrogen (secondary N) is 1. The van der Waals surface area contributed by atoms with Gasteiger partial charge in [-0.2, -0.15) is 0 Å². The van der Waals surface area contributed by atoms with Crippen LogP contribution >= 0.6 is 0 Å². The second kappa shape index (κ2) is 5.87. The van der Waals surface area contributed by atoms with Crippen molar-refractivity contribution in [1.29, 1.82) is 0 Å². The Morgan fingerprint density at radius 2 is 2.28 bits per heavy atom. The molecule has 0 bridgehead atoms. The van der Waals surface area contributed by atoms with Crippen molar-refractivity contribution in [2.24, 2.45) is 0 Å². The van der Waals surface area contributed by atoms with Crippen LogP contribution in [0, 0.1) is 0 Å². The predicted molar refractivity (Wildman–Crippen MR) is 72.2 cm³/mol. The smallest absolute Gasteiger partial charge is 0.337 e. The third kappa shape index (κ3) is 3.01. The number of benzene rings is 1. The van der Waals surface area contributed by atoms with Gasteiger partial charge in [-0.05, 0) is 38.1 Å². The number of piperidine rings is 1. The normalized spacial score (nSPS) is 20.6. The van der Waals surface area contributed by atoms with Gasteiger partial charge >= 0.3 is 5.97 Å². The highest BCUT2D eigenvalue weighted by atomic mass is 16.4. The second-order valence-corrected chi connectivity index (χ2v) is 4.73. The van der Waals surface area contributed by atoms with Crippen LogP contribution in [0.2, 0.25) is 0 Å². The topological polar surface area (TPSA) is 52.6 Å². The Bertz CT molecular complexity index is 420. The van der Waals surface area contributed by atoms with Gasteiger partial charge in [-0.1, -0.05) is 19.1 Å². The molecule has 1 saturated heterocycles. The molecule has 2 N–H and O–H groups in total. The quantitative estimate of drug-likeness (QED) is 0.858. The van der Waals surface area contributed by atoms with Crippen molar-refractivity contribution < 1.29 is 9.90 Å². The van der Waals surface area contributed by atoms with E-state index >= 15 is 0 Å². The van der Waals surface area contributed by atoms with Crippen LogP contribution in [0.3, 0.4) is 0 Å². The summed E-state index contributed by atoms with van der Waals surface area (Å²) >= 11 is 0. The van der Waals surface area contributed by atoms with E-state index in [9.17, 15) is 4.79 Å². The number of carboxylic acid groups (broad SMARTS) is 1. The minimum atomic E-state index is -0.874. The molecule has 0 aromatic heterocycles. The summed E-state index contributed by atoms with van der Waals surface area (Å²) < 4.78 is 0. The van der Waals surface area contributed by atoms with Gasteiger partial charge < -0.3 is 15.3 Å². The minimum Gasteiger partial charge on any atom is -0.478 e. The average molecular weight is 248 g/mol. The molecular weight excluding hydrogens is 228 g/mol. The SMILES string of the molecule is CCN1CCCC(Nc2ccccc2C(=O)O)C1. The standard InChI is InChI=1S/C14H20N2O2/c1-2-16-9-5-6-11(10-16)15-13-8-4-3-7-12(13)14(17)18/h3-4,7-8,11,15H,2,5-6,9-10H2,1H3,(H,17,18). The van der Waals surface area contributed by atoms with Crippen LogP contribution in [0.5, 0.6) is 0 Å². The first kappa shape index (κ1) is 12.9. The maximum Gasteiger partial charge on any atom is 0.337 e. The van der Waals surface area contributed by atoms with E-state index in [4.69, 9.17) is 5.11 Å². The molecule has 98 valence electrons. The van der Waals surface area contributed by atoms with Crippen LogP contribution in [0.4, 0.5) is 5.69 Å². The molecule has 18 heavy (non-hydrogen) atoms. The van der Waals surface area contributed by atoms with Gasteiger partial charge in [-0.25, -0.2) is 4.79 Å². The highest BCUT2D eigenvalue weighted by Crippen LogP contribution is 2.19. The molecule has 0 radical (unpaired) electrons. The van der Waals surface area contributed by atoms with Crippen LogP contribution in [-0.4, -0.2) is 41.7 Å². The van der Waals surface area contributed by atoms with Crippen molar-refractivity contribution in [3.05, 3.63) is 29.8 Å². The molecule has 1 aromatic carbocycles. The Balaban J connectivity index is 2.07. The van der Waals surface area contributed by atoms with Crippen LogP contribution < -0.4 is 5.32 Å². The number of carbonyl (C=O) groups is 1. The summed E-state index contributed by atoms with van der Waals surface area (Å²) in [6, 6.07) is 7.46. The third-order valence-corrected chi connectivity index (χ3v) is 3.47. The lowest BCUT2D eigenvalue weighted by Gasteiger charge is -2.33. The molecule has 2 rings (SSSR count). The third-order valence-electron chi connectivity index (χ3n) is 3.47. The number of rotatable bonds is 4. The zero-order chi connectivity index (χ0) is 13.0. The van der Waals surface area contributed by atoms with Gasteiger partial charge in [0.2, 0.25) is 0 Å². The molecule has 4 heteroatoms. The Morgan fingerprint density at radius 1 is 1.50 bits per heavy atom. The van der Waals surface area contributed by atoms with Crippen molar-refractivity contribution >= 4 is 11.7 Å². The molecule has 0 spiro atoms. The first-order chi connectivity index (χ1) is 8.70. The molecule has 0 aliphatic carbocycles. The second-order valence-electron chi connectivity index (χ2n) is 4.73. The Hall–Kier alpha value is -1.55. The van der Waals surface area contributed by atoms with Crippen LogP contribution in [0.15, 0.2) is 24.3 Å². The van der Waals surface area contributed by atoms with E-state index in [0.717, 1.165) is 31.7 Å². The van der Waals surface area contributed by atoms with E-state index in [1.54, 1.807) is 12.1 Å². The number of para-hydroxylation sites is 1. The van der Waals surface area contributed by atoms with Crippen LogP contribution in [0.25, 0.3) is 0 Å². The van der Waals surface area contributed by atoms with E-state index in [2.05, 4.69) is 17.1 Å². The van der Waals surface area contributed by atoms with Gasteiger partial charge in [0.25, 0.3) is 0 Å². The number of anilines is 1. The fourth-order valence-corrected chi connectivity index (χ4v) is 2.48. The number of hydrogen-bond donors (Lipinski definition) is 2. The van der Waals surface area contributed by atoms with Gasteiger partial charge in [0.05, 0.1) is 5.56 Å². The number of hydrogen-bond acceptors (Lipinski definition) is 3. The molecule has 1 heterocycles. The molecule has 1 atom stereocenters. The zero-order valence-electron chi connectivity index (χ0n) is 10.7. The van der Waals surface area contributed by atoms with Gasteiger partial charge in [-0.3, -0.25) is 0 Å². The average Bonchev–Trinajstić information content (AvgIpc) is 2.39. The van der Waals surface area contributed by atoms with Crippen LogP contribution in [-0.2, 0) is 0 Å². The highest BCUT2D eigenvalue weighted by molar-refractivity contribution is 5.94. The van der Waals surface area contributed by atoms with Crippen LogP contribution in [0.1, 0.15) is 30.1 Å². The van der Waals surface area contributed by atoms with E-state index in [0.29, 0.717) is 11.6 Å². The number of nitrogens with zero attached hydrogens (tertiary/aromatic N) is 1. The lowest BCUT2D eigenvalue weighted by molar-refractivity contribution is 0.0698. The van der Waals surface area contributed by atoms with Crippen molar-refractivity contribution in [3.63, 3.8) is 0 Å². The van der Waals surface area contributed by atoms with Crippen molar-refractivity contribution in [1.82, 2.24) is 4.90 Å². The summed E-state index contributed by atoms with van der Waals surface area (Å²) in [7, 11) is 0. The highest BCUT2D eigenvalue weighted by Gasteiger charge is 2.20. The van der Waals surface area contributed by atoms with E-state index in [1.165, 1.54) is 6.42 Å². The Labute approximate surface area is 108 Å². The zero-order valence-corrected chi connectivity index (χ0v) is 10.7. The lowest BCUT2D eigenvalue weighted by atomic mass is 10.0. The van der Waals surface area contributed by atoms with Crippen molar-refractivity contribution in [2.75, 3.05) is 25.0 Å². The number of aromatic carboxylic acids is 1. The molecular formula is C14H20N2O2. The summed E-state index contributed by atoms with van der Waals surface area (Å²) in [6.07, 6.45) is 2.27. The number of carboxylic acids is 1. The van der Waals surface area contributed by atoms with E-state index < -0.39 is 5.97 Å². The van der Waals surface area contributed by atoms with Gasteiger partial charge in [-0.15, -0.1) is 0 Å². The first-order valence-electron chi connectivity index (χ1n) is 6.52. The summed E-state index contributed by atoms with van der Waals surface area (Å²) in [4.78, 5) is 13.5. The monoisotopic (exact) mass is 248 g/mol. The van der Waals surface area contributed by atoms with Gasteiger partial charge in [0.15, 0.2) is 0 Å². The molecule has 0 saturated carbocycles. The number of likely N-dealkylation sites (tertiary alicyclic amines) is 1. The van der Waals surface area contributed by atoms with Crippen molar-refractivity contribution in [3.8, 4) is 0 Å². The summed E-state index contributed by atoms with van der Waals surface area (Å²) in [6.45, 7) is 5.35. The molecule has 0 amide bonds. The lowest BCUT2D eigenvalue weighted by Crippen LogP contribution is -2.42.